The summed E-state index contributed by atoms with van der Waals surface area (Å²) in [6, 6.07) is 10.7. The van der Waals surface area contributed by atoms with Gasteiger partial charge in [-0.05, 0) is 84.0 Å². The first-order valence-electron chi connectivity index (χ1n) is 15.9. The summed E-state index contributed by atoms with van der Waals surface area (Å²) in [5.74, 6) is 0.0643. The molecular formula is C33H49FN8O2. The van der Waals surface area contributed by atoms with Crippen molar-refractivity contribution in [3.63, 3.8) is 0 Å². The van der Waals surface area contributed by atoms with Crippen LogP contribution in [0.3, 0.4) is 0 Å². The summed E-state index contributed by atoms with van der Waals surface area (Å²) in [6.07, 6.45) is 1.52. The number of amides is 3. The number of urea groups is 1. The second kappa shape index (κ2) is 14.3. The average molecular weight is 609 g/mol. The average Bonchev–Trinajstić information content (AvgIpc) is 3.43. The number of hydrogen-bond acceptors (Lipinski definition) is 6. The van der Waals surface area contributed by atoms with Crippen LogP contribution in [0.1, 0.15) is 64.9 Å². The van der Waals surface area contributed by atoms with Crippen molar-refractivity contribution in [2.45, 2.75) is 66.0 Å². The van der Waals surface area contributed by atoms with Crippen LogP contribution in [0.15, 0.2) is 36.4 Å². The number of rotatable bonds is 6. The van der Waals surface area contributed by atoms with Gasteiger partial charge in [0.05, 0.1) is 5.69 Å². The van der Waals surface area contributed by atoms with E-state index in [2.05, 4.69) is 65.1 Å². The highest BCUT2D eigenvalue weighted by atomic mass is 19.1. The molecule has 3 N–H and O–H groups in total. The molecule has 10 nitrogen and oxygen atoms in total. The number of aromatic nitrogens is 2. The van der Waals surface area contributed by atoms with Crippen LogP contribution in [-0.2, 0) is 0 Å². The summed E-state index contributed by atoms with van der Waals surface area (Å²) in [6.45, 7) is 17.3. The molecule has 240 valence electrons. The number of likely N-dealkylation sites (tertiary alicyclic amines) is 1. The molecule has 5 rings (SSSR count). The van der Waals surface area contributed by atoms with Gasteiger partial charge < -0.3 is 35.2 Å². The van der Waals surface area contributed by atoms with E-state index >= 15 is 0 Å². The van der Waals surface area contributed by atoms with Gasteiger partial charge in [0.25, 0.3) is 5.91 Å². The number of carbonyl (C=O) groups excluding carboxylic acids is 2. The predicted molar refractivity (Wildman–Crippen MR) is 177 cm³/mol. The molecule has 3 amide bonds. The van der Waals surface area contributed by atoms with E-state index in [0.717, 1.165) is 42.5 Å². The van der Waals surface area contributed by atoms with Gasteiger partial charge in [0.2, 0.25) is 5.95 Å². The molecule has 0 radical (unpaired) electrons. The molecule has 0 unspecified atom stereocenters. The maximum Gasteiger partial charge on any atom is 0.321 e. The Morgan fingerprint density at radius 3 is 2.32 bits per heavy atom. The Bertz CT molecular complexity index is 1420. The molecule has 2 aliphatic rings. The van der Waals surface area contributed by atoms with Crippen molar-refractivity contribution in [1.82, 2.24) is 24.7 Å². The van der Waals surface area contributed by atoms with Gasteiger partial charge in [0.1, 0.15) is 5.69 Å². The Hall–Kier alpha value is -3.86. The fourth-order valence-electron chi connectivity index (χ4n) is 5.82. The van der Waals surface area contributed by atoms with Gasteiger partial charge in [-0.1, -0.05) is 13.8 Å². The third kappa shape index (κ3) is 7.99. The molecule has 0 spiro atoms. The maximum atomic E-state index is 14.2. The van der Waals surface area contributed by atoms with Crippen molar-refractivity contribution in [2.75, 3.05) is 68.4 Å². The van der Waals surface area contributed by atoms with Crippen LogP contribution in [0.25, 0.3) is 10.9 Å². The Morgan fingerprint density at radius 1 is 1.00 bits per heavy atom. The van der Waals surface area contributed by atoms with E-state index in [1.165, 1.54) is 6.07 Å². The number of anilines is 3. The van der Waals surface area contributed by atoms with Crippen molar-refractivity contribution in [1.29, 1.82) is 0 Å². The van der Waals surface area contributed by atoms with Crippen molar-refractivity contribution < 1.29 is 14.0 Å². The fraction of sp³-hybridized carbons (Fsp3) is 0.545. The normalized spacial score (nSPS) is 16.4. The van der Waals surface area contributed by atoms with Crippen LogP contribution in [0.2, 0.25) is 0 Å². The second-order valence-electron chi connectivity index (χ2n) is 12.4. The molecule has 2 aliphatic heterocycles. The number of pyridine rings is 1. The van der Waals surface area contributed by atoms with Crippen LogP contribution < -0.4 is 15.5 Å². The Morgan fingerprint density at radius 2 is 1.68 bits per heavy atom. The molecule has 0 bridgehead atoms. The van der Waals surface area contributed by atoms with Gasteiger partial charge in [-0.2, -0.15) is 4.39 Å². The van der Waals surface area contributed by atoms with Crippen molar-refractivity contribution in [2.24, 2.45) is 0 Å². The Labute approximate surface area is 261 Å². The molecule has 2 aromatic heterocycles. The first-order chi connectivity index (χ1) is 21.0. The summed E-state index contributed by atoms with van der Waals surface area (Å²) in [5, 5.41) is 7.33. The van der Waals surface area contributed by atoms with Crippen LogP contribution >= 0.6 is 0 Å². The minimum absolute atomic E-state index is 0.0466. The number of carbonyl (C=O) groups is 2. The number of piperidine rings is 1. The Balaban J connectivity index is 0.00000216. The lowest BCUT2D eigenvalue weighted by atomic mass is 10.0. The number of hydrogen-bond donors (Lipinski definition) is 3. The first-order valence-corrected chi connectivity index (χ1v) is 15.9. The summed E-state index contributed by atoms with van der Waals surface area (Å²) in [7, 11) is 2.06. The number of piperazine rings is 1. The Kier molecular flexibility index (Phi) is 10.7. The highest BCUT2D eigenvalue weighted by Gasteiger charge is 2.30. The zero-order valence-corrected chi connectivity index (χ0v) is 27.3. The van der Waals surface area contributed by atoms with Gasteiger partial charge in [-0.3, -0.25) is 4.79 Å². The largest absolute Gasteiger partial charge is 0.377 e. The van der Waals surface area contributed by atoms with Gasteiger partial charge in [-0.15, -0.1) is 0 Å². The summed E-state index contributed by atoms with van der Waals surface area (Å²) in [5.41, 5.74) is 2.69. The zero-order valence-electron chi connectivity index (χ0n) is 27.3. The van der Waals surface area contributed by atoms with Gasteiger partial charge in [0, 0.05) is 74.0 Å². The maximum absolute atomic E-state index is 14.2. The molecule has 3 aromatic rings. The zero-order chi connectivity index (χ0) is 32.0. The van der Waals surface area contributed by atoms with Crippen LogP contribution in [0.4, 0.5) is 26.4 Å². The number of halogens is 1. The number of nitrogens with one attached hydrogen (secondary N) is 3. The standard InChI is InChI=1S/C31H43FN8O2.C2H6/c1-6-40(28-25(36-31(2,3)4)9-10-27(32)35-28)23-11-13-38(14-12-23)29(41)26-20-21-19-22(7-8-24(21)34-26)33-30(42)39-17-15-37(5)16-18-39;1-2/h7-10,19-20,23,34,36H,6,11-18H2,1-5H3,(H,33,42);1-2H3. The number of H-pyrrole nitrogens is 1. The SMILES string of the molecule is CC.CCN(c1nc(F)ccc1NC(C)(C)C)C1CCN(C(=O)c2cc3cc(NC(=O)N4CCN(C)CC4)ccc3[nH]2)CC1. The minimum Gasteiger partial charge on any atom is -0.377 e. The smallest absolute Gasteiger partial charge is 0.321 e. The number of aromatic amines is 1. The molecule has 4 heterocycles. The molecule has 44 heavy (non-hydrogen) atoms. The first kappa shape index (κ1) is 33.0. The molecule has 11 heteroatoms. The van der Waals surface area contributed by atoms with E-state index in [4.69, 9.17) is 0 Å². The molecule has 0 saturated carbocycles. The van der Waals surface area contributed by atoms with Crippen molar-refractivity contribution in [3.8, 4) is 0 Å². The summed E-state index contributed by atoms with van der Waals surface area (Å²) < 4.78 is 14.2. The van der Waals surface area contributed by atoms with E-state index in [9.17, 15) is 14.0 Å². The topological polar surface area (TPSA) is 99.8 Å². The number of fused-ring (bicyclic) bond motifs is 1. The van der Waals surface area contributed by atoms with Crippen LogP contribution in [0, 0.1) is 5.95 Å². The third-order valence-electron chi connectivity index (χ3n) is 8.05. The number of nitrogens with zero attached hydrogens (tertiary/aromatic N) is 5. The van der Waals surface area contributed by atoms with E-state index in [1.807, 2.05) is 47.9 Å². The van der Waals surface area contributed by atoms with Crippen molar-refractivity contribution in [3.05, 3.63) is 48.0 Å². The fourth-order valence-corrected chi connectivity index (χ4v) is 5.82. The molecule has 0 atom stereocenters. The van der Waals surface area contributed by atoms with Gasteiger partial charge in [-0.25, -0.2) is 9.78 Å². The summed E-state index contributed by atoms with van der Waals surface area (Å²) >= 11 is 0. The van der Waals surface area contributed by atoms with E-state index in [0.29, 0.717) is 49.9 Å². The molecule has 1 aromatic carbocycles. The quantitative estimate of drug-likeness (QED) is 0.304. The highest BCUT2D eigenvalue weighted by Crippen LogP contribution is 2.31. The van der Waals surface area contributed by atoms with E-state index in [-0.39, 0.29) is 23.5 Å². The van der Waals surface area contributed by atoms with Gasteiger partial charge in [0.15, 0.2) is 5.82 Å². The lowest BCUT2D eigenvalue weighted by Gasteiger charge is -2.39. The molecule has 0 aliphatic carbocycles. The second-order valence-corrected chi connectivity index (χ2v) is 12.4. The van der Waals surface area contributed by atoms with E-state index < -0.39 is 5.95 Å². The lowest BCUT2D eigenvalue weighted by Crippen LogP contribution is -2.48. The lowest BCUT2D eigenvalue weighted by molar-refractivity contribution is 0.0707. The molecule has 2 fully saturated rings. The monoisotopic (exact) mass is 608 g/mol. The molecular weight excluding hydrogens is 559 g/mol. The van der Waals surface area contributed by atoms with Gasteiger partial charge >= 0.3 is 6.03 Å². The van der Waals surface area contributed by atoms with E-state index in [1.54, 1.807) is 6.07 Å². The van der Waals surface area contributed by atoms with Crippen molar-refractivity contribution >= 4 is 40.0 Å². The number of benzene rings is 1. The third-order valence-corrected chi connectivity index (χ3v) is 8.05. The van der Waals surface area contributed by atoms with Crippen LogP contribution in [0.5, 0.6) is 0 Å². The highest BCUT2D eigenvalue weighted by molar-refractivity contribution is 5.99. The van der Waals surface area contributed by atoms with Crippen LogP contribution in [-0.4, -0.2) is 101 Å². The predicted octanol–water partition coefficient (Wildman–Crippen LogP) is 5.85. The minimum atomic E-state index is -0.503. The number of likely N-dealkylation sites (N-methyl/N-ethyl adjacent to an activating group) is 1. The summed E-state index contributed by atoms with van der Waals surface area (Å²) in [4.78, 5) is 41.8. The molecule has 2 saturated heterocycles.